The average molecular weight is 289 g/mol. The van der Waals surface area contributed by atoms with Crippen LogP contribution in [0.25, 0.3) is 0 Å². The monoisotopic (exact) mass is 289 g/mol. The molecule has 0 radical (unpaired) electrons. The SMILES string of the molecule is O=C(C1CC1)N1CCC(Oc2cnn(C(F)(F)F)c2)C1. The van der Waals surface area contributed by atoms with Crippen LogP contribution in [0.5, 0.6) is 5.75 Å². The predicted octanol–water partition coefficient (Wildman–Crippen LogP) is 1.75. The fourth-order valence-corrected chi connectivity index (χ4v) is 2.31. The van der Waals surface area contributed by atoms with Crippen molar-refractivity contribution in [1.29, 1.82) is 0 Å². The summed E-state index contributed by atoms with van der Waals surface area (Å²) in [6.45, 7) is 1.04. The number of ether oxygens (including phenoxy) is 1. The number of nitrogens with zero attached hydrogens (tertiary/aromatic N) is 3. The van der Waals surface area contributed by atoms with Crippen molar-refractivity contribution in [2.24, 2.45) is 5.92 Å². The summed E-state index contributed by atoms with van der Waals surface area (Å²) in [7, 11) is 0. The minimum Gasteiger partial charge on any atom is -0.485 e. The first-order valence-corrected chi connectivity index (χ1v) is 6.51. The summed E-state index contributed by atoms with van der Waals surface area (Å²) >= 11 is 0. The van der Waals surface area contributed by atoms with Crippen LogP contribution in [-0.4, -0.2) is 39.8 Å². The van der Waals surface area contributed by atoms with Crippen LogP contribution in [0.15, 0.2) is 12.4 Å². The lowest BCUT2D eigenvalue weighted by molar-refractivity contribution is -0.212. The van der Waals surface area contributed by atoms with Gasteiger partial charge in [0.2, 0.25) is 5.91 Å². The van der Waals surface area contributed by atoms with E-state index in [0.717, 1.165) is 25.2 Å². The Morgan fingerprint density at radius 1 is 1.35 bits per heavy atom. The highest BCUT2D eigenvalue weighted by atomic mass is 19.4. The molecule has 0 bridgehead atoms. The molecule has 8 heteroatoms. The Kier molecular flexibility index (Phi) is 3.10. The number of halogens is 3. The Balaban J connectivity index is 1.56. The van der Waals surface area contributed by atoms with Gasteiger partial charge < -0.3 is 9.64 Å². The molecule has 1 aromatic heterocycles. The molecule has 1 saturated carbocycles. The molecule has 110 valence electrons. The smallest absolute Gasteiger partial charge is 0.485 e. The summed E-state index contributed by atoms with van der Waals surface area (Å²) in [5.41, 5.74) is 0. The van der Waals surface area contributed by atoms with Crippen molar-refractivity contribution >= 4 is 5.91 Å². The molecule has 1 saturated heterocycles. The van der Waals surface area contributed by atoms with Crippen molar-refractivity contribution in [1.82, 2.24) is 14.7 Å². The number of alkyl halides is 3. The van der Waals surface area contributed by atoms with E-state index in [2.05, 4.69) is 5.10 Å². The minimum atomic E-state index is -4.54. The molecule has 0 aromatic carbocycles. The number of carbonyl (C=O) groups is 1. The molecule has 1 aromatic rings. The highest BCUT2D eigenvalue weighted by molar-refractivity contribution is 5.81. The fraction of sp³-hybridized carbons (Fsp3) is 0.667. The van der Waals surface area contributed by atoms with E-state index in [-0.39, 0.29) is 28.4 Å². The van der Waals surface area contributed by atoms with Gasteiger partial charge in [-0.25, -0.2) is 0 Å². The van der Waals surface area contributed by atoms with E-state index >= 15 is 0 Å². The third-order valence-electron chi connectivity index (χ3n) is 3.50. The van der Waals surface area contributed by atoms with Gasteiger partial charge >= 0.3 is 6.30 Å². The second kappa shape index (κ2) is 4.68. The molecule has 5 nitrogen and oxygen atoms in total. The number of carbonyl (C=O) groups excluding carboxylic acids is 1. The van der Waals surface area contributed by atoms with E-state index in [4.69, 9.17) is 4.74 Å². The second-order valence-electron chi connectivity index (χ2n) is 5.18. The summed E-state index contributed by atoms with van der Waals surface area (Å²) in [4.78, 5) is 13.6. The highest BCUT2D eigenvalue weighted by Crippen LogP contribution is 2.32. The maximum atomic E-state index is 12.4. The van der Waals surface area contributed by atoms with E-state index in [1.54, 1.807) is 4.90 Å². The molecule has 0 spiro atoms. The van der Waals surface area contributed by atoms with Gasteiger partial charge in [0.15, 0.2) is 5.75 Å². The Labute approximate surface area is 113 Å². The van der Waals surface area contributed by atoms with Crippen molar-refractivity contribution in [2.75, 3.05) is 13.1 Å². The third-order valence-corrected chi connectivity index (χ3v) is 3.50. The minimum absolute atomic E-state index is 0.0769. The first-order valence-electron chi connectivity index (χ1n) is 6.51. The van der Waals surface area contributed by atoms with Gasteiger partial charge in [-0.15, -0.1) is 13.2 Å². The van der Waals surface area contributed by atoms with Gasteiger partial charge in [-0.3, -0.25) is 4.79 Å². The van der Waals surface area contributed by atoms with Crippen LogP contribution in [-0.2, 0) is 11.1 Å². The summed E-state index contributed by atoms with van der Waals surface area (Å²) in [5.74, 6) is 0.372. The van der Waals surface area contributed by atoms with Gasteiger partial charge in [0, 0.05) is 18.9 Å². The van der Waals surface area contributed by atoms with Crippen LogP contribution in [0, 0.1) is 5.92 Å². The lowest BCUT2D eigenvalue weighted by atomic mass is 10.3. The zero-order valence-electron chi connectivity index (χ0n) is 10.6. The average Bonchev–Trinajstić information content (AvgIpc) is 2.93. The van der Waals surface area contributed by atoms with Crippen LogP contribution >= 0.6 is 0 Å². The van der Waals surface area contributed by atoms with Gasteiger partial charge in [0.25, 0.3) is 0 Å². The number of rotatable bonds is 3. The van der Waals surface area contributed by atoms with Crippen LogP contribution < -0.4 is 4.74 Å². The Hall–Kier alpha value is -1.73. The van der Waals surface area contributed by atoms with Gasteiger partial charge in [-0.1, -0.05) is 0 Å². The Morgan fingerprint density at radius 3 is 2.70 bits per heavy atom. The zero-order chi connectivity index (χ0) is 14.3. The number of hydrogen-bond acceptors (Lipinski definition) is 3. The third kappa shape index (κ3) is 2.73. The molecule has 1 atom stereocenters. The van der Waals surface area contributed by atoms with E-state index in [9.17, 15) is 18.0 Å². The van der Waals surface area contributed by atoms with Gasteiger partial charge in [-0.2, -0.15) is 9.78 Å². The van der Waals surface area contributed by atoms with E-state index in [0.29, 0.717) is 19.5 Å². The van der Waals surface area contributed by atoms with Crippen LogP contribution in [0.3, 0.4) is 0 Å². The molecule has 1 unspecified atom stereocenters. The quantitative estimate of drug-likeness (QED) is 0.851. The van der Waals surface area contributed by atoms with E-state index < -0.39 is 6.30 Å². The second-order valence-corrected chi connectivity index (χ2v) is 5.18. The lowest BCUT2D eigenvalue weighted by Gasteiger charge is -2.16. The lowest BCUT2D eigenvalue weighted by Crippen LogP contribution is -2.31. The normalized spacial score (nSPS) is 23.1. The first kappa shape index (κ1) is 13.3. The van der Waals surface area contributed by atoms with Crippen molar-refractivity contribution in [2.45, 2.75) is 31.7 Å². The van der Waals surface area contributed by atoms with Gasteiger partial charge in [-0.05, 0) is 12.8 Å². The number of amides is 1. The number of hydrogen-bond donors (Lipinski definition) is 0. The highest BCUT2D eigenvalue weighted by Gasteiger charge is 2.37. The molecule has 0 N–H and O–H groups in total. The predicted molar refractivity (Wildman–Crippen MR) is 61.9 cm³/mol. The summed E-state index contributed by atoms with van der Waals surface area (Å²) in [6, 6.07) is 0. The first-order chi connectivity index (χ1) is 9.43. The maximum absolute atomic E-state index is 12.4. The van der Waals surface area contributed by atoms with Gasteiger partial charge in [0.05, 0.1) is 18.9 Å². The number of likely N-dealkylation sites (tertiary alicyclic amines) is 1. The topological polar surface area (TPSA) is 47.4 Å². The molecule has 2 aliphatic rings. The van der Waals surface area contributed by atoms with E-state index in [1.807, 2.05) is 0 Å². The van der Waals surface area contributed by atoms with Crippen LogP contribution in [0.1, 0.15) is 19.3 Å². The molecule has 1 aliphatic heterocycles. The fourth-order valence-electron chi connectivity index (χ4n) is 2.31. The standard InChI is InChI=1S/C12H14F3N3O2/c13-12(14,15)18-7-10(5-16-18)20-9-3-4-17(6-9)11(19)8-1-2-8/h5,7-9H,1-4,6H2. The molecule has 2 heterocycles. The van der Waals surface area contributed by atoms with Gasteiger partial charge in [0.1, 0.15) is 6.10 Å². The molecular weight excluding hydrogens is 275 g/mol. The molecule has 20 heavy (non-hydrogen) atoms. The largest absolute Gasteiger partial charge is 0.504 e. The Bertz CT molecular complexity index is 510. The molecular formula is C12H14F3N3O2. The van der Waals surface area contributed by atoms with Crippen molar-refractivity contribution in [3.05, 3.63) is 12.4 Å². The zero-order valence-corrected chi connectivity index (χ0v) is 10.6. The van der Waals surface area contributed by atoms with Crippen molar-refractivity contribution < 1.29 is 22.7 Å². The summed E-state index contributed by atoms with van der Waals surface area (Å²) < 4.78 is 42.5. The van der Waals surface area contributed by atoms with Crippen molar-refractivity contribution in [3.63, 3.8) is 0 Å². The van der Waals surface area contributed by atoms with Crippen LogP contribution in [0.4, 0.5) is 13.2 Å². The van der Waals surface area contributed by atoms with Crippen molar-refractivity contribution in [3.8, 4) is 5.75 Å². The summed E-state index contributed by atoms with van der Waals surface area (Å²) in [5, 5.41) is 3.21. The van der Waals surface area contributed by atoms with E-state index in [1.165, 1.54) is 0 Å². The number of aromatic nitrogens is 2. The molecule has 3 rings (SSSR count). The summed E-state index contributed by atoms with van der Waals surface area (Å²) in [6.07, 6.45) is -0.424. The Morgan fingerprint density at radius 2 is 2.10 bits per heavy atom. The van der Waals surface area contributed by atoms with Crippen LogP contribution in [0.2, 0.25) is 0 Å². The molecule has 1 aliphatic carbocycles. The maximum Gasteiger partial charge on any atom is 0.504 e. The molecule has 2 fully saturated rings. The molecule has 1 amide bonds.